The van der Waals surface area contributed by atoms with E-state index in [2.05, 4.69) is 18.3 Å². The molecule has 1 aromatic heterocycles. The molecule has 2 nitrogen and oxygen atoms in total. The van der Waals surface area contributed by atoms with Gasteiger partial charge in [-0.05, 0) is 31.9 Å². The van der Waals surface area contributed by atoms with E-state index in [1.54, 1.807) is 11.3 Å². The van der Waals surface area contributed by atoms with Crippen molar-refractivity contribution < 1.29 is 4.74 Å². The third-order valence-corrected chi connectivity index (χ3v) is 4.07. The Morgan fingerprint density at radius 2 is 2.47 bits per heavy atom. The first-order valence-corrected chi connectivity index (χ1v) is 6.54. The number of thiophene rings is 1. The van der Waals surface area contributed by atoms with E-state index in [4.69, 9.17) is 16.3 Å². The van der Waals surface area contributed by atoms with Gasteiger partial charge in [0.2, 0.25) is 0 Å². The van der Waals surface area contributed by atoms with E-state index in [1.807, 2.05) is 6.07 Å². The molecule has 4 heteroatoms. The van der Waals surface area contributed by atoms with Crippen LogP contribution in [0.2, 0.25) is 4.34 Å². The molecule has 1 aliphatic heterocycles. The summed E-state index contributed by atoms with van der Waals surface area (Å²) in [6.45, 7) is 4.03. The van der Waals surface area contributed by atoms with Crippen LogP contribution >= 0.6 is 22.9 Å². The van der Waals surface area contributed by atoms with Crippen LogP contribution in [0.25, 0.3) is 0 Å². The minimum absolute atomic E-state index is 0.358. The normalized spacial score (nSPS) is 26.0. The Morgan fingerprint density at radius 1 is 1.60 bits per heavy atom. The van der Waals surface area contributed by atoms with E-state index in [0.29, 0.717) is 12.1 Å². The standard InChI is InChI=1S/C11H16ClNOS/c1-8-10(5-7-14-8)13-6-4-9-2-3-11(12)15-9/h2-3,8,10,13H,4-7H2,1H3. The summed E-state index contributed by atoms with van der Waals surface area (Å²) in [5.41, 5.74) is 0. The van der Waals surface area contributed by atoms with Crippen LogP contribution in [0.5, 0.6) is 0 Å². The average molecular weight is 246 g/mol. The molecule has 84 valence electrons. The van der Waals surface area contributed by atoms with Gasteiger partial charge in [-0.3, -0.25) is 0 Å². The van der Waals surface area contributed by atoms with E-state index in [9.17, 15) is 0 Å². The third kappa shape index (κ3) is 3.18. The molecular weight excluding hydrogens is 230 g/mol. The van der Waals surface area contributed by atoms with Gasteiger partial charge in [0.05, 0.1) is 10.4 Å². The first kappa shape index (κ1) is 11.4. The Morgan fingerprint density at radius 3 is 3.07 bits per heavy atom. The molecule has 2 heterocycles. The zero-order chi connectivity index (χ0) is 10.7. The summed E-state index contributed by atoms with van der Waals surface area (Å²) in [5, 5.41) is 3.53. The van der Waals surface area contributed by atoms with E-state index >= 15 is 0 Å². The minimum Gasteiger partial charge on any atom is -0.377 e. The maximum atomic E-state index is 5.87. The van der Waals surface area contributed by atoms with Gasteiger partial charge < -0.3 is 10.1 Å². The summed E-state index contributed by atoms with van der Waals surface area (Å²) < 4.78 is 6.37. The highest BCUT2D eigenvalue weighted by Crippen LogP contribution is 2.21. The molecule has 1 aliphatic rings. The summed E-state index contributed by atoms with van der Waals surface area (Å²) in [5.74, 6) is 0. The number of nitrogens with one attached hydrogen (secondary N) is 1. The Bertz CT molecular complexity index is 315. The second-order valence-electron chi connectivity index (χ2n) is 3.88. The van der Waals surface area contributed by atoms with Gasteiger partial charge in [0.15, 0.2) is 0 Å². The van der Waals surface area contributed by atoms with E-state index in [0.717, 1.165) is 30.3 Å². The van der Waals surface area contributed by atoms with Gasteiger partial charge in [0.1, 0.15) is 0 Å². The monoisotopic (exact) mass is 245 g/mol. The molecule has 1 saturated heterocycles. The van der Waals surface area contributed by atoms with E-state index in [1.165, 1.54) is 4.88 Å². The predicted octanol–water partition coefficient (Wildman–Crippen LogP) is 2.71. The van der Waals surface area contributed by atoms with Crippen LogP contribution in [0.4, 0.5) is 0 Å². The fourth-order valence-corrected chi connectivity index (χ4v) is 2.95. The van der Waals surface area contributed by atoms with Crippen LogP contribution in [0, 0.1) is 0 Å². The van der Waals surface area contributed by atoms with Crippen molar-refractivity contribution in [2.45, 2.75) is 31.9 Å². The quantitative estimate of drug-likeness (QED) is 0.881. The molecule has 0 aliphatic carbocycles. The van der Waals surface area contributed by atoms with Crippen molar-refractivity contribution in [1.29, 1.82) is 0 Å². The van der Waals surface area contributed by atoms with Crippen molar-refractivity contribution >= 4 is 22.9 Å². The van der Waals surface area contributed by atoms with Gasteiger partial charge in [-0.1, -0.05) is 11.6 Å². The SMILES string of the molecule is CC1OCCC1NCCc1ccc(Cl)s1. The molecule has 2 unspecified atom stereocenters. The molecule has 2 rings (SSSR count). The first-order valence-electron chi connectivity index (χ1n) is 5.35. The number of hydrogen-bond acceptors (Lipinski definition) is 3. The number of halogens is 1. The molecule has 0 radical (unpaired) electrons. The fraction of sp³-hybridized carbons (Fsp3) is 0.636. The van der Waals surface area contributed by atoms with E-state index < -0.39 is 0 Å². The topological polar surface area (TPSA) is 21.3 Å². The van der Waals surface area contributed by atoms with Gasteiger partial charge in [0, 0.05) is 24.1 Å². The Balaban J connectivity index is 1.70. The molecule has 15 heavy (non-hydrogen) atoms. The lowest BCUT2D eigenvalue weighted by Crippen LogP contribution is -2.35. The van der Waals surface area contributed by atoms with Crippen molar-refractivity contribution in [3.8, 4) is 0 Å². The van der Waals surface area contributed by atoms with Gasteiger partial charge in [-0.15, -0.1) is 11.3 Å². The molecule has 0 spiro atoms. The third-order valence-electron chi connectivity index (χ3n) is 2.78. The van der Waals surface area contributed by atoms with Crippen LogP contribution in [0.1, 0.15) is 18.2 Å². The van der Waals surface area contributed by atoms with Crippen LogP contribution in [0.3, 0.4) is 0 Å². The minimum atomic E-state index is 0.358. The zero-order valence-corrected chi connectivity index (χ0v) is 10.4. The molecule has 2 atom stereocenters. The van der Waals surface area contributed by atoms with Crippen molar-refractivity contribution in [3.05, 3.63) is 21.3 Å². The summed E-state index contributed by atoms with van der Waals surface area (Å²) in [6.07, 6.45) is 2.55. The van der Waals surface area contributed by atoms with Crippen LogP contribution in [0.15, 0.2) is 12.1 Å². The summed E-state index contributed by atoms with van der Waals surface area (Å²) in [4.78, 5) is 1.35. The zero-order valence-electron chi connectivity index (χ0n) is 8.83. The predicted molar refractivity (Wildman–Crippen MR) is 64.9 cm³/mol. The summed E-state index contributed by atoms with van der Waals surface area (Å²) in [7, 11) is 0. The van der Waals surface area contributed by atoms with Crippen molar-refractivity contribution in [1.82, 2.24) is 5.32 Å². The number of rotatable bonds is 4. The average Bonchev–Trinajstić information content (AvgIpc) is 2.77. The molecule has 1 aromatic rings. The molecule has 0 aromatic carbocycles. The lowest BCUT2D eigenvalue weighted by molar-refractivity contribution is 0.113. The van der Waals surface area contributed by atoms with Gasteiger partial charge >= 0.3 is 0 Å². The van der Waals surface area contributed by atoms with Gasteiger partial charge in [-0.25, -0.2) is 0 Å². The lowest BCUT2D eigenvalue weighted by Gasteiger charge is -2.15. The number of hydrogen-bond donors (Lipinski definition) is 1. The Hall–Kier alpha value is -0.0900. The van der Waals surface area contributed by atoms with Crippen molar-refractivity contribution in [3.63, 3.8) is 0 Å². The number of ether oxygens (including phenoxy) is 1. The van der Waals surface area contributed by atoms with Gasteiger partial charge in [0.25, 0.3) is 0 Å². The second-order valence-corrected chi connectivity index (χ2v) is 5.68. The lowest BCUT2D eigenvalue weighted by atomic mass is 10.1. The maximum Gasteiger partial charge on any atom is 0.0931 e. The highest BCUT2D eigenvalue weighted by Gasteiger charge is 2.22. The highest BCUT2D eigenvalue weighted by atomic mass is 35.5. The van der Waals surface area contributed by atoms with E-state index in [-0.39, 0.29) is 0 Å². The molecule has 1 N–H and O–H groups in total. The van der Waals surface area contributed by atoms with Crippen LogP contribution in [-0.4, -0.2) is 25.3 Å². The van der Waals surface area contributed by atoms with Crippen LogP contribution in [-0.2, 0) is 11.2 Å². The second kappa shape index (κ2) is 5.30. The van der Waals surface area contributed by atoms with Gasteiger partial charge in [-0.2, -0.15) is 0 Å². The van der Waals surface area contributed by atoms with Crippen molar-refractivity contribution in [2.75, 3.05) is 13.2 Å². The summed E-state index contributed by atoms with van der Waals surface area (Å²) in [6, 6.07) is 4.59. The first-order chi connectivity index (χ1) is 7.25. The van der Waals surface area contributed by atoms with Crippen molar-refractivity contribution in [2.24, 2.45) is 0 Å². The molecule has 0 saturated carbocycles. The Kier molecular flexibility index (Phi) is 4.03. The smallest absolute Gasteiger partial charge is 0.0931 e. The maximum absolute atomic E-state index is 5.87. The highest BCUT2D eigenvalue weighted by molar-refractivity contribution is 7.16. The molecule has 0 amide bonds. The molecule has 0 bridgehead atoms. The molecule has 1 fully saturated rings. The Labute approximate surface area is 99.6 Å². The summed E-state index contributed by atoms with van der Waals surface area (Å²) >= 11 is 7.53. The molecular formula is C11H16ClNOS. The fourth-order valence-electron chi connectivity index (χ4n) is 1.87. The van der Waals surface area contributed by atoms with Crippen LogP contribution < -0.4 is 5.32 Å². The largest absolute Gasteiger partial charge is 0.377 e.